The van der Waals surface area contributed by atoms with Gasteiger partial charge in [-0.3, -0.25) is 0 Å². The van der Waals surface area contributed by atoms with Gasteiger partial charge in [0.1, 0.15) is 11.6 Å². The van der Waals surface area contributed by atoms with Crippen molar-refractivity contribution in [2.24, 2.45) is 0 Å². The third-order valence-corrected chi connectivity index (χ3v) is 5.33. The van der Waals surface area contributed by atoms with E-state index < -0.39 is 30.6 Å². The summed E-state index contributed by atoms with van der Waals surface area (Å²) in [5.74, 6) is -1.11. The maximum Gasteiger partial charge on any atom is 0.416 e. The van der Waals surface area contributed by atoms with Gasteiger partial charge >= 0.3 is 12.1 Å². The molecule has 1 unspecified atom stereocenters. The zero-order chi connectivity index (χ0) is 21.7. The molecule has 0 amide bonds. The van der Waals surface area contributed by atoms with Crippen molar-refractivity contribution < 1.29 is 32.5 Å². The zero-order valence-corrected chi connectivity index (χ0v) is 16.7. The van der Waals surface area contributed by atoms with Crippen molar-refractivity contribution in [3.05, 3.63) is 76.3 Å². The van der Waals surface area contributed by atoms with Gasteiger partial charge in [0.2, 0.25) is 0 Å². The second-order valence-corrected chi connectivity index (χ2v) is 7.44. The number of rotatable bonds is 8. The summed E-state index contributed by atoms with van der Waals surface area (Å²) >= 11 is 1.30. The van der Waals surface area contributed by atoms with E-state index in [-0.39, 0.29) is 6.61 Å². The lowest BCUT2D eigenvalue weighted by atomic mass is 10.1. The lowest BCUT2D eigenvalue weighted by Gasteiger charge is -2.17. The second kappa shape index (κ2) is 9.38. The number of ether oxygens (including phenoxy) is 2. The summed E-state index contributed by atoms with van der Waals surface area (Å²) in [5.41, 5.74) is 1.21. The maximum atomic E-state index is 12.7. The van der Waals surface area contributed by atoms with E-state index in [1.165, 1.54) is 23.5 Å². The van der Waals surface area contributed by atoms with E-state index in [1.54, 1.807) is 31.2 Å². The summed E-state index contributed by atoms with van der Waals surface area (Å²) in [5, 5.41) is 9.45. The first-order valence-electron chi connectivity index (χ1n) is 8.88. The zero-order valence-electron chi connectivity index (χ0n) is 15.8. The molecule has 158 valence electrons. The molecule has 0 radical (unpaired) electrons. The normalized spacial score (nSPS) is 12.7. The fourth-order valence-electron chi connectivity index (χ4n) is 2.64. The van der Waals surface area contributed by atoms with E-state index in [0.29, 0.717) is 21.8 Å². The first kappa shape index (κ1) is 21.9. The van der Waals surface area contributed by atoms with Crippen LogP contribution >= 0.6 is 11.3 Å². The van der Waals surface area contributed by atoms with E-state index in [1.807, 2.05) is 6.07 Å². The number of thiazole rings is 1. The van der Waals surface area contributed by atoms with Gasteiger partial charge in [-0.1, -0.05) is 42.5 Å². The van der Waals surface area contributed by atoms with Crippen LogP contribution in [0, 0.1) is 6.92 Å². The second-order valence-electron chi connectivity index (χ2n) is 6.36. The van der Waals surface area contributed by atoms with Crippen molar-refractivity contribution in [2.45, 2.75) is 26.0 Å². The molecule has 2 aromatic carbocycles. The highest BCUT2D eigenvalue weighted by atomic mass is 32.1. The molecule has 0 aliphatic rings. The molecular formula is C21H18F3NO4S. The van der Waals surface area contributed by atoms with Gasteiger partial charge in [0, 0.05) is 11.1 Å². The molecule has 0 saturated heterocycles. The number of alkyl halides is 3. The molecule has 0 saturated carbocycles. The van der Waals surface area contributed by atoms with Crippen LogP contribution in [0.15, 0.2) is 54.6 Å². The Hall–Kier alpha value is -2.75. The Kier molecular flexibility index (Phi) is 6.86. The van der Waals surface area contributed by atoms with E-state index in [4.69, 9.17) is 14.6 Å². The highest BCUT2D eigenvalue weighted by Gasteiger charge is 2.30. The first-order chi connectivity index (χ1) is 14.2. The summed E-state index contributed by atoms with van der Waals surface area (Å²) in [7, 11) is 0. The van der Waals surface area contributed by atoms with Crippen LogP contribution < -0.4 is 0 Å². The van der Waals surface area contributed by atoms with Gasteiger partial charge in [0.15, 0.2) is 6.29 Å². The van der Waals surface area contributed by atoms with E-state index in [9.17, 15) is 18.0 Å². The summed E-state index contributed by atoms with van der Waals surface area (Å²) in [6, 6.07) is 13.7. The average molecular weight is 437 g/mol. The number of aromatic nitrogens is 1. The number of nitrogens with zero attached hydrogens (tertiary/aromatic N) is 1. The van der Waals surface area contributed by atoms with Gasteiger partial charge in [-0.05, 0) is 19.1 Å². The lowest BCUT2D eigenvalue weighted by molar-refractivity contribution is -0.174. The topological polar surface area (TPSA) is 68.7 Å². The monoisotopic (exact) mass is 437 g/mol. The Morgan fingerprint density at radius 3 is 2.37 bits per heavy atom. The molecule has 1 aromatic heterocycles. The van der Waals surface area contributed by atoms with Gasteiger partial charge in [-0.2, -0.15) is 13.2 Å². The Labute approximate surface area is 174 Å². The number of aliphatic carboxylic acids is 1. The molecule has 1 N–H and O–H groups in total. The molecule has 0 spiro atoms. The van der Waals surface area contributed by atoms with Crippen LogP contribution in [0.1, 0.15) is 28.0 Å². The Bertz CT molecular complexity index is 988. The summed E-state index contributed by atoms with van der Waals surface area (Å²) in [4.78, 5) is 16.0. The van der Waals surface area contributed by atoms with Crippen LogP contribution in [0.4, 0.5) is 13.2 Å². The molecule has 5 nitrogen and oxygen atoms in total. The Balaban J connectivity index is 1.73. The minimum absolute atomic E-state index is 0.114. The molecule has 0 fully saturated rings. The number of hydrogen-bond donors (Lipinski definition) is 1. The van der Waals surface area contributed by atoms with Crippen molar-refractivity contribution in [1.29, 1.82) is 0 Å². The quantitative estimate of drug-likeness (QED) is 0.475. The minimum atomic E-state index is -4.39. The molecule has 3 rings (SSSR count). The molecule has 9 heteroatoms. The highest BCUT2D eigenvalue weighted by molar-refractivity contribution is 7.15. The molecule has 1 heterocycles. The first-order valence-corrected chi connectivity index (χ1v) is 9.69. The minimum Gasteiger partial charge on any atom is -0.480 e. The number of hydrogen-bond acceptors (Lipinski definition) is 5. The fourth-order valence-corrected chi connectivity index (χ4v) is 3.63. The molecule has 0 aliphatic heterocycles. The predicted octanol–water partition coefficient (Wildman–Crippen LogP) is 5.45. The number of benzene rings is 2. The third kappa shape index (κ3) is 5.65. The number of halogens is 3. The fraction of sp³-hybridized carbons (Fsp3) is 0.238. The van der Waals surface area contributed by atoms with Gasteiger partial charge in [0.05, 0.1) is 22.7 Å². The third-order valence-electron chi connectivity index (χ3n) is 4.15. The van der Waals surface area contributed by atoms with Crippen molar-refractivity contribution >= 4 is 17.3 Å². The van der Waals surface area contributed by atoms with Crippen LogP contribution in [0.25, 0.3) is 10.6 Å². The van der Waals surface area contributed by atoms with Gasteiger partial charge in [-0.25, -0.2) is 9.78 Å². The largest absolute Gasteiger partial charge is 0.480 e. The van der Waals surface area contributed by atoms with Crippen LogP contribution in [0.5, 0.6) is 0 Å². The van der Waals surface area contributed by atoms with Crippen molar-refractivity contribution in [3.8, 4) is 10.6 Å². The van der Waals surface area contributed by atoms with E-state index in [0.717, 1.165) is 17.0 Å². The Morgan fingerprint density at radius 1 is 1.10 bits per heavy atom. The Morgan fingerprint density at radius 2 is 1.77 bits per heavy atom. The molecule has 0 aliphatic carbocycles. The number of carboxylic acids is 1. The SMILES string of the molecule is Cc1nc(-c2ccc(C(F)(F)F)cc2)sc1COC(OCC(=O)O)c1ccccc1. The number of carboxylic acid groups (broad SMARTS) is 1. The molecule has 1 atom stereocenters. The predicted molar refractivity (Wildman–Crippen MR) is 105 cm³/mol. The molecule has 0 bridgehead atoms. The van der Waals surface area contributed by atoms with Crippen LogP contribution in [-0.2, 0) is 27.1 Å². The van der Waals surface area contributed by atoms with Crippen molar-refractivity contribution in [3.63, 3.8) is 0 Å². The highest BCUT2D eigenvalue weighted by Crippen LogP contribution is 2.33. The number of aryl methyl sites for hydroxylation is 1. The van der Waals surface area contributed by atoms with Crippen molar-refractivity contribution in [1.82, 2.24) is 4.98 Å². The standard InChI is InChI=1S/C21H18F3NO4S/c1-13-17(11-28-20(29-12-18(26)27)15-5-3-2-4-6-15)30-19(25-13)14-7-9-16(10-8-14)21(22,23)24/h2-10,20H,11-12H2,1H3,(H,26,27). The summed E-state index contributed by atoms with van der Waals surface area (Å²) in [6.45, 7) is 1.37. The van der Waals surface area contributed by atoms with E-state index in [2.05, 4.69) is 4.98 Å². The number of carbonyl (C=O) groups is 1. The van der Waals surface area contributed by atoms with Gasteiger partial charge < -0.3 is 14.6 Å². The molecule has 30 heavy (non-hydrogen) atoms. The average Bonchev–Trinajstić information content (AvgIpc) is 3.08. The maximum absolute atomic E-state index is 12.7. The van der Waals surface area contributed by atoms with Crippen LogP contribution in [0.2, 0.25) is 0 Å². The molecule has 3 aromatic rings. The summed E-state index contributed by atoms with van der Waals surface area (Å²) in [6.07, 6.45) is -5.27. The van der Waals surface area contributed by atoms with Gasteiger partial charge in [0.25, 0.3) is 0 Å². The summed E-state index contributed by atoms with van der Waals surface area (Å²) < 4.78 is 49.4. The van der Waals surface area contributed by atoms with Crippen LogP contribution in [0.3, 0.4) is 0 Å². The molecular weight excluding hydrogens is 419 g/mol. The lowest BCUT2D eigenvalue weighted by Crippen LogP contribution is -2.14. The van der Waals surface area contributed by atoms with Crippen LogP contribution in [-0.4, -0.2) is 22.7 Å². The van der Waals surface area contributed by atoms with Crippen molar-refractivity contribution in [2.75, 3.05) is 6.61 Å². The smallest absolute Gasteiger partial charge is 0.416 e. The van der Waals surface area contributed by atoms with Gasteiger partial charge in [-0.15, -0.1) is 11.3 Å². The van der Waals surface area contributed by atoms with E-state index >= 15 is 0 Å².